The van der Waals surface area contributed by atoms with Crippen molar-refractivity contribution in [2.75, 3.05) is 11.5 Å². The normalized spacial score (nSPS) is 15.1. The third-order valence-electron chi connectivity index (χ3n) is 5.23. The number of terminal acetylenes is 1. The summed E-state index contributed by atoms with van der Waals surface area (Å²) in [5.74, 6) is 1.87. The monoisotopic (exact) mass is 440 g/mol. The molecule has 1 heterocycles. The first kappa shape index (κ1) is 21.3. The molecule has 4 rings (SSSR count). The zero-order valence-electron chi connectivity index (χ0n) is 17.4. The van der Waals surface area contributed by atoms with Gasteiger partial charge in [-0.05, 0) is 59.2 Å². The Bertz CT molecular complexity index is 1300. The van der Waals surface area contributed by atoms with Gasteiger partial charge in [-0.1, -0.05) is 55.3 Å². The first-order valence-corrected chi connectivity index (χ1v) is 10.5. The van der Waals surface area contributed by atoms with Gasteiger partial charge in [0, 0.05) is 5.56 Å². The summed E-state index contributed by atoms with van der Waals surface area (Å²) in [6.07, 6.45) is 7.78. The first-order valence-electron chi connectivity index (χ1n) is 10.1. The van der Waals surface area contributed by atoms with E-state index >= 15 is 0 Å². The number of rotatable bonds is 5. The molecule has 0 bridgehead atoms. The van der Waals surface area contributed by atoms with Crippen molar-refractivity contribution < 1.29 is 14.3 Å². The number of aryl methyl sites for hydroxylation is 1. The maximum atomic E-state index is 13.4. The van der Waals surface area contributed by atoms with Gasteiger partial charge in [-0.25, -0.2) is 0 Å². The van der Waals surface area contributed by atoms with Crippen molar-refractivity contribution in [2.24, 2.45) is 0 Å². The third-order valence-corrected chi connectivity index (χ3v) is 5.52. The summed E-state index contributed by atoms with van der Waals surface area (Å²) >= 11 is 5.30. The zero-order chi connectivity index (χ0) is 22.7. The first-order chi connectivity index (χ1) is 15.5. The van der Waals surface area contributed by atoms with Crippen molar-refractivity contribution in [3.8, 4) is 18.1 Å². The number of fused-ring (bicyclic) bond motifs is 1. The van der Waals surface area contributed by atoms with Crippen molar-refractivity contribution in [2.45, 2.75) is 13.3 Å². The van der Waals surface area contributed by atoms with Crippen molar-refractivity contribution >= 4 is 51.7 Å². The number of anilines is 1. The highest BCUT2D eigenvalue weighted by molar-refractivity contribution is 7.80. The lowest BCUT2D eigenvalue weighted by Crippen LogP contribution is -2.54. The molecule has 3 aromatic carbocycles. The topological polar surface area (TPSA) is 58.6 Å². The molecule has 2 amide bonds. The highest BCUT2D eigenvalue weighted by Gasteiger charge is 2.34. The number of benzene rings is 3. The van der Waals surface area contributed by atoms with Crippen molar-refractivity contribution in [3.63, 3.8) is 0 Å². The average Bonchev–Trinajstić information content (AvgIpc) is 2.81. The molecular weight excluding hydrogens is 420 g/mol. The Balaban J connectivity index is 1.83. The lowest BCUT2D eigenvalue weighted by Gasteiger charge is -2.29. The Hall–Kier alpha value is -3.95. The highest BCUT2D eigenvalue weighted by Crippen LogP contribution is 2.32. The molecule has 0 aliphatic carbocycles. The molecule has 5 nitrogen and oxygen atoms in total. The number of ether oxygens (including phenoxy) is 1. The van der Waals surface area contributed by atoms with E-state index in [1.54, 1.807) is 12.1 Å². The smallest absolute Gasteiger partial charge is 0.270 e. The average molecular weight is 441 g/mol. The lowest BCUT2D eigenvalue weighted by molar-refractivity contribution is -0.122. The summed E-state index contributed by atoms with van der Waals surface area (Å²) in [6, 6.07) is 18.8. The molecule has 158 valence electrons. The van der Waals surface area contributed by atoms with E-state index in [0.717, 1.165) is 22.8 Å². The predicted molar refractivity (Wildman–Crippen MR) is 130 cm³/mol. The second-order valence-corrected chi connectivity index (χ2v) is 7.56. The van der Waals surface area contributed by atoms with Crippen LogP contribution in [0.1, 0.15) is 18.1 Å². The van der Waals surface area contributed by atoms with E-state index in [4.69, 9.17) is 23.4 Å². The Morgan fingerprint density at radius 1 is 1.09 bits per heavy atom. The van der Waals surface area contributed by atoms with Gasteiger partial charge in [-0.15, -0.1) is 6.42 Å². The number of hydrogen-bond acceptors (Lipinski definition) is 4. The molecule has 1 fully saturated rings. The number of hydrogen-bond donors (Lipinski definition) is 1. The largest absolute Gasteiger partial charge is 0.480 e. The summed E-state index contributed by atoms with van der Waals surface area (Å²) in [4.78, 5) is 27.5. The highest BCUT2D eigenvalue weighted by atomic mass is 32.1. The van der Waals surface area contributed by atoms with Gasteiger partial charge in [0.25, 0.3) is 11.8 Å². The Morgan fingerprint density at radius 3 is 2.56 bits per heavy atom. The van der Waals surface area contributed by atoms with Gasteiger partial charge in [0.2, 0.25) is 0 Å². The molecule has 0 radical (unpaired) electrons. The van der Waals surface area contributed by atoms with Crippen LogP contribution in [-0.2, 0) is 16.0 Å². The molecule has 3 aromatic rings. The van der Waals surface area contributed by atoms with E-state index in [-0.39, 0.29) is 17.3 Å². The predicted octanol–water partition coefficient (Wildman–Crippen LogP) is 4.25. The van der Waals surface area contributed by atoms with Crippen LogP contribution < -0.4 is 15.0 Å². The number of carbonyl (C=O) groups is 2. The lowest BCUT2D eigenvalue weighted by atomic mass is 9.99. The molecule has 1 aliphatic rings. The summed E-state index contributed by atoms with van der Waals surface area (Å²) in [6.45, 7) is 2.12. The standard InChI is InChI=1S/C26H20N2O3S/c1-3-15-31-23-14-11-18-7-5-6-8-20(18)21(23)16-22-24(29)27-26(32)28(25(22)30)19-12-9-17(4-2)10-13-19/h1,5-14,16H,4,15H2,2H3,(H,27,29,32)/b22-16+. The van der Waals surface area contributed by atoms with Crippen molar-refractivity contribution in [3.05, 3.63) is 77.4 Å². The summed E-state index contributed by atoms with van der Waals surface area (Å²) in [5.41, 5.74) is 2.28. The Morgan fingerprint density at radius 2 is 1.84 bits per heavy atom. The van der Waals surface area contributed by atoms with E-state index in [0.29, 0.717) is 17.0 Å². The van der Waals surface area contributed by atoms with Crippen LogP contribution in [0.2, 0.25) is 0 Å². The Labute approximate surface area is 191 Å². The molecular formula is C26H20N2O3S. The summed E-state index contributed by atoms with van der Waals surface area (Å²) in [7, 11) is 0. The second-order valence-electron chi connectivity index (χ2n) is 7.17. The third kappa shape index (κ3) is 3.98. The van der Waals surface area contributed by atoms with Crippen LogP contribution in [0.15, 0.2) is 66.2 Å². The molecule has 0 saturated carbocycles. The summed E-state index contributed by atoms with van der Waals surface area (Å²) < 4.78 is 5.70. The second kappa shape index (κ2) is 9.04. The van der Waals surface area contributed by atoms with Crippen LogP contribution in [0.3, 0.4) is 0 Å². The zero-order valence-corrected chi connectivity index (χ0v) is 18.2. The van der Waals surface area contributed by atoms with E-state index in [2.05, 4.69) is 18.2 Å². The van der Waals surface area contributed by atoms with Crippen molar-refractivity contribution in [1.82, 2.24) is 5.32 Å². The van der Waals surface area contributed by atoms with Gasteiger partial charge >= 0.3 is 0 Å². The fourth-order valence-electron chi connectivity index (χ4n) is 3.59. The molecule has 32 heavy (non-hydrogen) atoms. The molecule has 1 saturated heterocycles. The van der Waals surface area contributed by atoms with Gasteiger partial charge in [-0.3, -0.25) is 19.8 Å². The van der Waals surface area contributed by atoms with Gasteiger partial charge in [0.05, 0.1) is 5.69 Å². The minimum Gasteiger partial charge on any atom is -0.480 e. The van der Waals surface area contributed by atoms with Crippen LogP contribution in [0, 0.1) is 12.3 Å². The van der Waals surface area contributed by atoms with E-state index < -0.39 is 11.8 Å². The quantitative estimate of drug-likeness (QED) is 0.279. The number of carbonyl (C=O) groups excluding carboxylic acids is 2. The molecule has 1 N–H and O–H groups in total. The maximum absolute atomic E-state index is 13.4. The molecule has 0 aromatic heterocycles. The molecule has 1 aliphatic heterocycles. The molecule has 0 spiro atoms. The van der Waals surface area contributed by atoms with Crippen molar-refractivity contribution in [1.29, 1.82) is 0 Å². The maximum Gasteiger partial charge on any atom is 0.270 e. The SMILES string of the molecule is C#CCOc1ccc2ccccc2c1/C=C1\C(=O)NC(=S)N(c2ccc(CC)cc2)C1=O. The van der Waals surface area contributed by atoms with Gasteiger partial charge < -0.3 is 4.74 Å². The molecule has 0 atom stereocenters. The van der Waals surface area contributed by atoms with E-state index in [9.17, 15) is 9.59 Å². The fourth-order valence-corrected chi connectivity index (χ4v) is 3.87. The van der Waals surface area contributed by atoms with E-state index in [1.165, 1.54) is 4.90 Å². The van der Waals surface area contributed by atoms with Crippen LogP contribution in [0.4, 0.5) is 5.69 Å². The summed E-state index contributed by atoms with van der Waals surface area (Å²) in [5, 5.41) is 4.45. The van der Waals surface area contributed by atoms with Crippen LogP contribution >= 0.6 is 12.2 Å². The molecule has 6 heteroatoms. The van der Waals surface area contributed by atoms with Crippen LogP contribution in [0.5, 0.6) is 5.75 Å². The number of amides is 2. The minimum atomic E-state index is -0.558. The van der Waals surface area contributed by atoms with Crippen LogP contribution in [-0.4, -0.2) is 23.5 Å². The number of thiocarbonyl (C=S) groups is 1. The number of nitrogens with one attached hydrogen (secondary N) is 1. The van der Waals surface area contributed by atoms with Gasteiger partial charge in [0.1, 0.15) is 17.9 Å². The molecule has 0 unspecified atom stereocenters. The van der Waals surface area contributed by atoms with E-state index in [1.807, 2.05) is 54.6 Å². The fraction of sp³-hybridized carbons (Fsp3) is 0.115. The number of nitrogens with zero attached hydrogens (tertiary/aromatic N) is 1. The van der Waals surface area contributed by atoms with Crippen LogP contribution in [0.25, 0.3) is 16.8 Å². The Kier molecular flexibility index (Phi) is 6.02. The van der Waals surface area contributed by atoms with Gasteiger partial charge in [-0.2, -0.15) is 0 Å². The van der Waals surface area contributed by atoms with Gasteiger partial charge in [0.15, 0.2) is 5.11 Å². The minimum absolute atomic E-state index is 0.0416.